The third-order valence-electron chi connectivity index (χ3n) is 9.80. The molecule has 0 aliphatic heterocycles. The van der Waals surface area contributed by atoms with Crippen molar-refractivity contribution in [3.05, 3.63) is 163 Å². The number of fused-ring (bicyclic) bond motifs is 5. The highest BCUT2D eigenvalue weighted by atomic mass is 14.8. The first kappa shape index (κ1) is 27.4. The average molecular weight is 602 g/mol. The van der Waals surface area contributed by atoms with Gasteiger partial charge in [-0.15, -0.1) is 0 Å². The molecule has 0 saturated carbocycles. The van der Waals surface area contributed by atoms with Crippen molar-refractivity contribution in [1.82, 2.24) is 15.0 Å². The molecule has 9 rings (SSSR count). The van der Waals surface area contributed by atoms with Crippen LogP contribution < -0.4 is 0 Å². The van der Waals surface area contributed by atoms with Crippen LogP contribution in [0, 0.1) is 0 Å². The van der Waals surface area contributed by atoms with Crippen molar-refractivity contribution in [2.45, 2.75) is 19.3 Å². The van der Waals surface area contributed by atoms with Crippen LogP contribution in [0.4, 0.5) is 0 Å². The van der Waals surface area contributed by atoms with Crippen LogP contribution >= 0.6 is 0 Å². The Morgan fingerprint density at radius 3 is 1.64 bits per heavy atom. The monoisotopic (exact) mass is 601 g/mol. The van der Waals surface area contributed by atoms with Gasteiger partial charge in [0.2, 0.25) is 0 Å². The molecule has 0 bridgehead atoms. The van der Waals surface area contributed by atoms with E-state index in [-0.39, 0.29) is 5.41 Å². The van der Waals surface area contributed by atoms with Gasteiger partial charge in [-0.05, 0) is 67.4 Å². The van der Waals surface area contributed by atoms with Crippen molar-refractivity contribution in [3.63, 3.8) is 0 Å². The molecule has 0 spiro atoms. The minimum absolute atomic E-state index is 0.157. The Balaban J connectivity index is 1.15. The van der Waals surface area contributed by atoms with E-state index >= 15 is 0 Å². The molecule has 0 unspecified atom stereocenters. The van der Waals surface area contributed by atoms with E-state index in [1.165, 1.54) is 66.2 Å². The fourth-order valence-corrected chi connectivity index (χ4v) is 7.55. The third kappa shape index (κ3) is 4.31. The molecule has 8 aromatic rings. The number of aromatic nitrogens is 3. The number of pyridine rings is 1. The van der Waals surface area contributed by atoms with E-state index in [9.17, 15) is 0 Å². The van der Waals surface area contributed by atoms with E-state index in [4.69, 9.17) is 4.98 Å². The summed E-state index contributed by atoms with van der Waals surface area (Å²) in [5, 5.41) is 3.66. The lowest BCUT2D eigenvalue weighted by Gasteiger charge is -2.25. The number of benzene rings is 6. The summed E-state index contributed by atoms with van der Waals surface area (Å²) < 4.78 is 0. The summed E-state index contributed by atoms with van der Waals surface area (Å²) >= 11 is 0. The first-order chi connectivity index (χ1) is 23.1. The van der Waals surface area contributed by atoms with Crippen molar-refractivity contribution in [2.75, 3.05) is 0 Å². The molecule has 222 valence electrons. The molecule has 0 radical (unpaired) electrons. The molecule has 47 heavy (non-hydrogen) atoms. The second-order valence-electron chi connectivity index (χ2n) is 12.8. The topological polar surface area (TPSA) is 38.7 Å². The average Bonchev–Trinajstić information content (AvgIpc) is 3.36. The highest BCUT2D eigenvalue weighted by Crippen LogP contribution is 2.53. The second kappa shape index (κ2) is 10.6. The van der Waals surface area contributed by atoms with Crippen LogP contribution in [0.2, 0.25) is 0 Å². The largest absolute Gasteiger partial charge is 0.247 e. The molecule has 3 nitrogen and oxygen atoms in total. The van der Waals surface area contributed by atoms with E-state index in [0.29, 0.717) is 0 Å². The molecule has 1 aliphatic rings. The Morgan fingerprint density at radius 1 is 0.447 bits per heavy atom. The third-order valence-corrected chi connectivity index (χ3v) is 9.80. The van der Waals surface area contributed by atoms with Crippen LogP contribution in [0.25, 0.3) is 77.7 Å². The lowest BCUT2D eigenvalue weighted by atomic mass is 9.78. The smallest absolute Gasteiger partial charge is 0.159 e. The summed E-state index contributed by atoms with van der Waals surface area (Å²) in [6.45, 7) is 4.67. The zero-order valence-electron chi connectivity index (χ0n) is 26.3. The first-order valence-corrected chi connectivity index (χ1v) is 16.1. The zero-order chi connectivity index (χ0) is 31.5. The van der Waals surface area contributed by atoms with Gasteiger partial charge >= 0.3 is 0 Å². The summed E-state index contributed by atoms with van der Waals surface area (Å²) in [5.41, 5.74) is 14.2. The number of hydrogen-bond acceptors (Lipinski definition) is 3. The zero-order valence-corrected chi connectivity index (χ0v) is 26.3. The number of nitrogens with zero attached hydrogens (tertiary/aromatic N) is 3. The molecule has 0 amide bonds. The van der Waals surface area contributed by atoms with Gasteiger partial charge in [0.25, 0.3) is 0 Å². The van der Waals surface area contributed by atoms with Gasteiger partial charge in [0.15, 0.2) is 5.82 Å². The first-order valence-electron chi connectivity index (χ1n) is 16.1. The van der Waals surface area contributed by atoms with Crippen LogP contribution in [0.3, 0.4) is 0 Å². The van der Waals surface area contributed by atoms with E-state index in [1.54, 1.807) is 12.4 Å². The Hall–Kier alpha value is -5.93. The van der Waals surface area contributed by atoms with Crippen molar-refractivity contribution in [1.29, 1.82) is 0 Å². The fourth-order valence-electron chi connectivity index (χ4n) is 7.55. The molecule has 2 heterocycles. The van der Waals surface area contributed by atoms with Gasteiger partial charge in [0.05, 0.1) is 11.2 Å². The molecule has 0 N–H and O–H groups in total. The minimum atomic E-state index is -0.157. The standard InChI is InChI=1S/C44H31N3/c1-44(2)38-14-7-5-12-36(38)42-41(44)40(37-13-6-8-15-39(37)47-42)30-20-16-28(17-21-30)32-24-25-33(35-11-4-3-10-34(32)35)29-18-22-31(23-19-29)43-45-26-9-27-46-43/h3-27H,1-2H3. The summed E-state index contributed by atoms with van der Waals surface area (Å²) in [4.78, 5) is 14.0. The molecular formula is C44H31N3. The van der Waals surface area contributed by atoms with Crippen LogP contribution in [0.1, 0.15) is 25.0 Å². The maximum absolute atomic E-state index is 5.23. The molecule has 1 aliphatic carbocycles. The van der Waals surface area contributed by atoms with Gasteiger partial charge < -0.3 is 0 Å². The number of rotatable bonds is 4. The normalized spacial score (nSPS) is 13.1. The fraction of sp³-hybridized carbons (Fsp3) is 0.0682. The Labute approximate surface area is 274 Å². The predicted molar refractivity (Wildman–Crippen MR) is 194 cm³/mol. The molecule has 3 heteroatoms. The van der Waals surface area contributed by atoms with E-state index < -0.39 is 0 Å². The highest BCUT2D eigenvalue weighted by Gasteiger charge is 2.39. The summed E-state index contributed by atoms with van der Waals surface area (Å²) in [7, 11) is 0. The van der Waals surface area contributed by atoms with Crippen molar-refractivity contribution in [3.8, 4) is 56.0 Å². The van der Waals surface area contributed by atoms with Gasteiger partial charge in [-0.1, -0.05) is 141 Å². The van der Waals surface area contributed by atoms with Crippen molar-refractivity contribution in [2.24, 2.45) is 0 Å². The minimum Gasteiger partial charge on any atom is -0.247 e. The van der Waals surface area contributed by atoms with Crippen molar-refractivity contribution >= 4 is 21.7 Å². The molecule has 6 aromatic carbocycles. The maximum atomic E-state index is 5.23. The molecule has 2 aromatic heterocycles. The van der Waals surface area contributed by atoms with E-state index in [2.05, 4.69) is 157 Å². The summed E-state index contributed by atoms with van der Waals surface area (Å²) in [5.74, 6) is 0.737. The van der Waals surface area contributed by atoms with Crippen LogP contribution in [-0.4, -0.2) is 15.0 Å². The molecule has 0 fully saturated rings. The number of para-hydroxylation sites is 1. The molecule has 0 saturated heterocycles. The predicted octanol–water partition coefficient (Wildman–Crippen LogP) is 11.2. The van der Waals surface area contributed by atoms with E-state index in [1.807, 2.05) is 6.07 Å². The van der Waals surface area contributed by atoms with Gasteiger partial charge in [0, 0.05) is 34.3 Å². The maximum Gasteiger partial charge on any atom is 0.159 e. The number of hydrogen-bond donors (Lipinski definition) is 0. The van der Waals surface area contributed by atoms with Crippen molar-refractivity contribution < 1.29 is 0 Å². The van der Waals surface area contributed by atoms with Gasteiger partial charge in [-0.25, -0.2) is 15.0 Å². The second-order valence-corrected chi connectivity index (χ2v) is 12.8. The lowest BCUT2D eigenvalue weighted by molar-refractivity contribution is 0.662. The van der Waals surface area contributed by atoms with Crippen LogP contribution in [-0.2, 0) is 5.41 Å². The summed E-state index contributed by atoms with van der Waals surface area (Å²) in [6, 6.07) is 50.1. The van der Waals surface area contributed by atoms with Gasteiger partial charge in [-0.2, -0.15) is 0 Å². The SMILES string of the molecule is CC1(C)c2ccccc2-c2nc3ccccc3c(-c3ccc(-c4ccc(-c5ccc(-c6ncccn6)cc5)c5ccccc45)cc3)c21. The van der Waals surface area contributed by atoms with Gasteiger partial charge in [0.1, 0.15) is 0 Å². The van der Waals surface area contributed by atoms with E-state index in [0.717, 1.165) is 22.6 Å². The molecular weight excluding hydrogens is 571 g/mol. The Morgan fingerprint density at radius 2 is 0.979 bits per heavy atom. The molecule has 0 atom stereocenters. The van der Waals surface area contributed by atoms with Crippen LogP contribution in [0.15, 0.2) is 152 Å². The van der Waals surface area contributed by atoms with Crippen LogP contribution in [0.5, 0.6) is 0 Å². The summed E-state index contributed by atoms with van der Waals surface area (Å²) in [6.07, 6.45) is 3.56. The Bertz CT molecular complexity index is 2460. The Kier molecular flexibility index (Phi) is 6.16. The highest BCUT2D eigenvalue weighted by molar-refractivity contribution is 6.06. The van der Waals surface area contributed by atoms with Gasteiger partial charge in [-0.3, -0.25) is 0 Å². The lowest BCUT2D eigenvalue weighted by Crippen LogP contribution is -2.16. The quantitative estimate of drug-likeness (QED) is 0.201.